The van der Waals surface area contributed by atoms with E-state index in [0.717, 1.165) is 12.2 Å². The molecular weight excluding hydrogens is 282 g/mol. The van der Waals surface area contributed by atoms with Gasteiger partial charge < -0.3 is 10.1 Å². The van der Waals surface area contributed by atoms with Crippen molar-refractivity contribution in [1.29, 1.82) is 0 Å². The van der Waals surface area contributed by atoms with Crippen molar-refractivity contribution in [3.8, 4) is 5.75 Å². The molecule has 0 spiro atoms. The van der Waals surface area contributed by atoms with E-state index >= 15 is 0 Å². The van der Waals surface area contributed by atoms with Gasteiger partial charge >= 0.3 is 0 Å². The summed E-state index contributed by atoms with van der Waals surface area (Å²) in [5.74, 6) is 1.64. The summed E-state index contributed by atoms with van der Waals surface area (Å²) in [6.07, 6.45) is 6.18. The fourth-order valence-corrected chi connectivity index (χ4v) is 4.39. The Hall–Kier alpha value is -1.80. The van der Waals surface area contributed by atoms with E-state index in [1.165, 1.54) is 43.4 Å². The quantitative estimate of drug-likeness (QED) is 0.923. The van der Waals surface area contributed by atoms with Crippen LogP contribution in [0.15, 0.2) is 42.5 Å². The lowest BCUT2D eigenvalue weighted by Crippen LogP contribution is -2.43. The molecule has 0 saturated carbocycles. The molecule has 120 valence electrons. The minimum absolute atomic E-state index is 0.688. The molecule has 2 aromatic carbocycles. The van der Waals surface area contributed by atoms with Gasteiger partial charge in [-0.2, -0.15) is 0 Å². The van der Waals surface area contributed by atoms with Crippen LogP contribution >= 0.6 is 0 Å². The van der Waals surface area contributed by atoms with Gasteiger partial charge in [0.25, 0.3) is 0 Å². The van der Waals surface area contributed by atoms with Gasteiger partial charge in [0.1, 0.15) is 5.75 Å². The molecule has 2 aliphatic rings. The van der Waals surface area contributed by atoms with E-state index in [1.54, 1.807) is 18.2 Å². The average Bonchev–Trinajstić information content (AvgIpc) is 2.62. The van der Waals surface area contributed by atoms with Crippen LogP contribution < -0.4 is 10.1 Å². The second kappa shape index (κ2) is 6.37. The molecule has 2 atom stereocenters. The highest BCUT2D eigenvalue weighted by Crippen LogP contribution is 2.39. The summed E-state index contributed by atoms with van der Waals surface area (Å²) < 4.78 is 5.27. The average molecular weight is 307 g/mol. The smallest absolute Gasteiger partial charge is 0.118 e. The Morgan fingerprint density at radius 3 is 2.78 bits per heavy atom. The summed E-state index contributed by atoms with van der Waals surface area (Å²) in [5.41, 5.74) is 6.11. The van der Waals surface area contributed by atoms with Gasteiger partial charge in [-0.15, -0.1) is 0 Å². The largest absolute Gasteiger partial charge is 0.497 e. The number of benzene rings is 2. The van der Waals surface area contributed by atoms with Gasteiger partial charge in [-0.25, -0.2) is 0 Å². The van der Waals surface area contributed by atoms with E-state index in [4.69, 9.17) is 4.74 Å². The van der Waals surface area contributed by atoms with Crippen LogP contribution in [0.4, 0.5) is 0 Å². The predicted molar refractivity (Wildman–Crippen MR) is 94.3 cm³/mol. The maximum Gasteiger partial charge on any atom is 0.118 e. The van der Waals surface area contributed by atoms with Crippen LogP contribution in [0.5, 0.6) is 5.75 Å². The Kier molecular flexibility index (Phi) is 4.09. The third-order valence-electron chi connectivity index (χ3n) is 5.52. The molecule has 0 radical (unpaired) electrons. The zero-order chi connectivity index (χ0) is 15.6. The maximum absolute atomic E-state index is 5.27. The number of hydrogen-bond donors (Lipinski definition) is 1. The highest BCUT2D eigenvalue weighted by atomic mass is 16.5. The number of methoxy groups -OCH3 is 1. The van der Waals surface area contributed by atoms with Gasteiger partial charge in [0.15, 0.2) is 0 Å². The Labute approximate surface area is 138 Å². The van der Waals surface area contributed by atoms with E-state index in [9.17, 15) is 0 Å². The molecular formula is C21H25NO. The molecule has 23 heavy (non-hydrogen) atoms. The topological polar surface area (TPSA) is 21.3 Å². The molecule has 4 rings (SSSR count). The van der Waals surface area contributed by atoms with Gasteiger partial charge in [-0.1, -0.05) is 30.3 Å². The van der Waals surface area contributed by atoms with E-state index in [1.807, 2.05) is 0 Å². The van der Waals surface area contributed by atoms with Crippen molar-refractivity contribution >= 4 is 0 Å². The molecule has 1 aliphatic carbocycles. The first-order chi connectivity index (χ1) is 11.3. The van der Waals surface area contributed by atoms with Crippen LogP contribution in [0.3, 0.4) is 0 Å². The van der Waals surface area contributed by atoms with Gasteiger partial charge in [0.2, 0.25) is 0 Å². The maximum atomic E-state index is 5.27. The first kappa shape index (κ1) is 14.8. The number of hydrogen-bond acceptors (Lipinski definition) is 2. The van der Waals surface area contributed by atoms with Crippen molar-refractivity contribution in [3.05, 3.63) is 64.7 Å². The predicted octanol–water partition coefficient (Wildman–Crippen LogP) is 4.07. The van der Waals surface area contributed by atoms with Crippen molar-refractivity contribution in [2.45, 2.75) is 44.1 Å². The Morgan fingerprint density at radius 1 is 1.09 bits per heavy atom. The molecule has 2 nitrogen and oxygen atoms in total. The van der Waals surface area contributed by atoms with Gasteiger partial charge in [-0.05, 0) is 79.0 Å². The molecule has 0 bridgehead atoms. The van der Waals surface area contributed by atoms with Crippen molar-refractivity contribution in [2.75, 3.05) is 13.7 Å². The summed E-state index contributed by atoms with van der Waals surface area (Å²) in [7, 11) is 1.72. The zero-order valence-electron chi connectivity index (χ0n) is 13.8. The summed E-state index contributed by atoms with van der Waals surface area (Å²) in [5, 5.41) is 3.75. The first-order valence-electron chi connectivity index (χ1n) is 8.82. The fourth-order valence-electron chi connectivity index (χ4n) is 4.39. The molecule has 1 N–H and O–H groups in total. The molecule has 2 heteroatoms. The minimum Gasteiger partial charge on any atom is -0.497 e. The van der Waals surface area contributed by atoms with Crippen molar-refractivity contribution in [2.24, 2.45) is 0 Å². The zero-order valence-corrected chi connectivity index (χ0v) is 13.8. The third kappa shape index (κ3) is 2.88. The molecule has 1 fully saturated rings. The van der Waals surface area contributed by atoms with Crippen LogP contribution in [-0.4, -0.2) is 19.7 Å². The lowest BCUT2D eigenvalue weighted by Gasteiger charge is -2.39. The molecule has 1 heterocycles. The van der Waals surface area contributed by atoms with E-state index in [-0.39, 0.29) is 0 Å². The van der Waals surface area contributed by atoms with Crippen LogP contribution in [0.1, 0.15) is 47.4 Å². The van der Waals surface area contributed by atoms with Gasteiger partial charge in [0.05, 0.1) is 7.11 Å². The highest BCUT2D eigenvalue weighted by Gasteiger charge is 2.32. The number of rotatable bonds is 3. The van der Waals surface area contributed by atoms with E-state index in [0.29, 0.717) is 12.0 Å². The molecule has 0 amide bonds. The van der Waals surface area contributed by atoms with E-state index in [2.05, 4.69) is 47.8 Å². The number of ether oxygens (including phenoxy) is 1. The summed E-state index contributed by atoms with van der Waals surface area (Å²) in [6.45, 7) is 1.19. The number of fused-ring (bicyclic) bond motifs is 3. The van der Waals surface area contributed by atoms with Crippen molar-refractivity contribution < 1.29 is 4.74 Å². The molecule has 1 saturated heterocycles. The Bertz CT molecular complexity index is 677. The lowest BCUT2D eigenvalue weighted by molar-refractivity contribution is 0.318. The van der Waals surface area contributed by atoms with Gasteiger partial charge in [-0.3, -0.25) is 0 Å². The van der Waals surface area contributed by atoms with Gasteiger partial charge in [0, 0.05) is 6.04 Å². The summed E-state index contributed by atoms with van der Waals surface area (Å²) in [6, 6.07) is 16.1. The number of nitrogens with one attached hydrogen (secondary N) is 1. The molecule has 0 aromatic heterocycles. The normalized spacial score (nSPS) is 23.0. The SMILES string of the molecule is COc1ccc(Cc2cccc3c2[C@H]2CCCN[C@H]2CC3)cc1. The first-order valence-corrected chi connectivity index (χ1v) is 8.82. The Balaban J connectivity index is 1.66. The van der Waals surface area contributed by atoms with Crippen LogP contribution in [0.25, 0.3) is 0 Å². The second-order valence-electron chi connectivity index (χ2n) is 6.86. The third-order valence-corrected chi connectivity index (χ3v) is 5.52. The lowest BCUT2D eigenvalue weighted by atomic mass is 9.73. The standard InChI is InChI=1S/C21H25NO/c1-23-18-10-7-15(8-11-18)14-17-5-2-4-16-9-12-20-19(21(16)17)6-3-13-22-20/h2,4-5,7-8,10-11,19-20,22H,3,6,9,12-14H2,1H3/t19-,20-/m0/s1. The molecule has 0 unspecified atom stereocenters. The molecule has 2 aromatic rings. The summed E-state index contributed by atoms with van der Waals surface area (Å²) >= 11 is 0. The van der Waals surface area contributed by atoms with Crippen LogP contribution in [0.2, 0.25) is 0 Å². The minimum atomic E-state index is 0.688. The fraction of sp³-hybridized carbons (Fsp3) is 0.429. The van der Waals surface area contributed by atoms with Crippen LogP contribution in [-0.2, 0) is 12.8 Å². The molecule has 1 aliphatic heterocycles. The van der Waals surface area contributed by atoms with Crippen LogP contribution in [0, 0.1) is 0 Å². The number of piperidine rings is 1. The van der Waals surface area contributed by atoms with E-state index < -0.39 is 0 Å². The second-order valence-corrected chi connectivity index (χ2v) is 6.86. The number of aryl methyl sites for hydroxylation is 1. The van der Waals surface area contributed by atoms with Crippen molar-refractivity contribution in [1.82, 2.24) is 5.32 Å². The van der Waals surface area contributed by atoms with Crippen molar-refractivity contribution in [3.63, 3.8) is 0 Å². The highest BCUT2D eigenvalue weighted by molar-refractivity contribution is 5.44. The summed E-state index contributed by atoms with van der Waals surface area (Å²) in [4.78, 5) is 0. The Morgan fingerprint density at radius 2 is 1.96 bits per heavy atom. The monoisotopic (exact) mass is 307 g/mol.